The summed E-state index contributed by atoms with van der Waals surface area (Å²) in [4.78, 5) is 3.71. The zero-order chi connectivity index (χ0) is 11.7. The van der Waals surface area contributed by atoms with E-state index in [1.165, 1.54) is 25.3 Å². The van der Waals surface area contributed by atoms with Crippen molar-refractivity contribution in [3.63, 3.8) is 0 Å². The van der Waals surface area contributed by atoms with Crippen molar-refractivity contribution in [1.82, 2.24) is 4.98 Å². The number of rotatable bonds is 2. The van der Waals surface area contributed by atoms with E-state index < -0.39 is 11.6 Å². The Morgan fingerprint density at radius 3 is 2.59 bits per heavy atom. The van der Waals surface area contributed by atoms with Crippen LogP contribution in [0.3, 0.4) is 0 Å². The fourth-order valence-electron chi connectivity index (χ4n) is 1.56. The Bertz CT molecular complexity index is 572. The summed E-state index contributed by atoms with van der Waals surface area (Å²) in [7, 11) is 1.42. The molecule has 0 spiro atoms. The largest absolute Gasteiger partial charge is 0.497 e. The Hall–Kier alpha value is -1.49. The molecule has 1 heterocycles. The first-order valence-electron chi connectivity index (χ1n) is 4.61. The van der Waals surface area contributed by atoms with E-state index in [1.54, 1.807) is 0 Å². The first-order chi connectivity index (χ1) is 7.67. The van der Waals surface area contributed by atoms with Gasteiger partial charge in [0.25, 0.3) is 0 Å². The average Bonchev–Trinajstić information content (AvgIpc) is 2.28. The lowest BCUT2D eigenvalue weighted by atomic mass is 10.1. The van der Waals surface area contributed by atoms with E-state index in [1.807, 2.05) is 0 Å². The second kappa shape index (κ2) is 5.23. The summed E-state index contributed by atoms with van der Waals surface area (Å²) >= 11 is 0. The number of fused-ring (bicyclic) bond motifs is 1. The van der Waals surface area contributed by atoms with Crippen molar-refractivity contribution >= 4 is 34.0 Å². The predicted molar refractivity (Wildman–Crippen MR) is 68.6 cm³/mol. The number of nitrogens with zero attached hydrogens (tertiary/aromatic N) is 1. The maximum Gasteiger partial charge on any atom is 0.153 e. The Morgan fingerprint density at radius 1 is 1.29 bits per heavy atom. The van der Waals surface area contributed by atoms with Crippen LogP contribution in [0.15, 0.2) is 24.9 Å². The van der Waals surface area contributed by atoms with E-state index in [-0.39, 0.29) is 28.1 Å². The lowest BCUT2D eigenvalue weighted by Crippen LogP contribution is -1.93. The Kier molecular flexibility index (Phi) is 4.17. The first-order valence-corrected chi connectivity index (χ1v) is 4.61. The Balaban J connectivity index is 0.00000144. The van der Waals surface area contributed by atoms with Crippen LogP contribution in [-0.4, -0.2) is 12.1 Å². The van der Waals surface area contributed by atoms with Gasteiger partial charge in [0.15, 0.2) is 5.82 Å². The molecule has 0 amide bonds. The van der Waals surface area contributed by atoms with E-state index in [0.29, 0.717) is 11.1 Å². The van der Waals surface area contributed by atoms with E-state index in [2.05, 4.69) is 11.6 Å². The zero-order valence-electron chi connectivity index (χ0n) is 9.04. The minimum Gasteiger partial charge on any atom is -0.497 e. The van der Waals surface area contributed by atoms with Gasteiger partial charge in [-0.3, -0.25) is 4.98 Å². The van der Waals surface area contributed by atoms with E-state index in [9.17, 15) is 8.78 Å². The molecule has 0 radical (unpaired) electrons. The Labute approximate surface area is 108 Å². The highest BCUT2D eigenvalue weighted by molar-refractivity contribution is 8.93. The van der Waals surface area contributed by atoms with Crippen LogP contribution in [0.5, 0.6) is 5.75 Å². The number of pyridine rings is 1. The van der Waals surface area contributed by atoms with Crippen LogP contribution in [-0.2, 0) is 0 Å². The third kappa shape index (κ3) is 2.29. The molecule has 0 atom stereocenters. The van der Waals surface area contributed by atoms with Gasteiger partial charge in [-0.15, -0.1) is 17.0 Å². The maximum atomic E-state index is 13.6. The smallest absolute Gasteiger partial charge is 0.153 e. The van der Waals surface area contributed by atoms with Crippen LogP contribution < -0.4 is 4.74 Å². The molecule has 90 valence electrons. The zero-order valence-corrected chi connectivity index (χ0v) is 10.7. The highest BCUT2D eigenvalue weighted by Crippen LogP contribution is 2.27. The van der Waals surface area contributed by atoms with Crippen molar-refractivity contribution in [3.8, 4) is 5.75 Å². The third-order valence-electron chi connectivity index (χ3n) is 2.33. The molecule has 0 N–H and O–H groups in total. The molecule has 0 aliphatic carbocycles. The SMILES string of the molecule is Br.C=Cc1c(F)cnc2c(F)cc(OC)cc12. The van der Waals surface area contributed by atoms with Gasteiger partial charge in [0, 0.05) is 17.0 Å². The molecule has 2 rings (SSSR count). The van der Waals surface area contributed by atoms with Gasteiger partial charge < -0.3 is 4.74 Å². The average molecular weight is 302 g/mol. The van der Waals surface area contributed by atoms with Crippen LogP contribution in [0.1, 0.15) is 5.56 Å². The van der Waals surface area contributed by atoms with Crippen molar-refractivity contribution in [2.45, 2.75) is 0 Å². The molecule has 2 aromatic rings. The first kappa shape index (κ1) is 13.6. The maximum absolute atomic E-state index is 13.6. The molecule has 17 heavy (non-hydrogen) atoms. The second-order valence-electron chi connectivity index (χ2n) is 3.23. The molecule has 0 saturated carbocycles. The molecule has 0 fully saturated rings. The van der Waals surface area contributed by atoms with Gasteiger partial charge in [-0.1, -0.05) is 12.7 Å². The molecule has 0 bridgehead atoms. The highest BCUT2D eigenvalue weighted by Gasteiger charge is 2.11. The van der Waals surface area contributed by atoms with Gasteiger partial charge in [0.05, 0.1) is 13.3 Å². The Morgan fingerprint density at radius 2 is 2.00 bits per heavy atom. The quantitative estimate of drug-likeness (QED) is 0.843. The van der Waals surface area contributed by atoms with Gasteiger partial charge >= 0.3 is 0 Å². The van der Waals surface area contributed by atoms with Gasteiger partial charge in [-0.05, 0) is 6.07 Å². The van der Waals surface area contributed by atoms with E-state index >= 15 is 0 Å². The normalized spacial score (nSPS) is 9.82. The van der Waals surface area contributed by atoms with Gasteiger partial charge in [0.2, 0.25) is 0 Å². The molecule has 0 saturated heterocycles. The second-order valence-corrected chi connectivity index (χ2v) is 3.23. The number of hydrogen-bond donors (Lipinski definition) is 0. The minimum absolute atomic E-state index is 0. The topological polar surface area (TPSA) is 22.1 Å². The number of ether oxygens (including phenoxy) is 1. The number of aromatic nitrogens is 1. The van der Waals surface area contributed by atoms with Crippen LogP contribution in [0.2, 0.25) is 0 Å². The van der Waals surface area contributed by atoms with Gasteiger partial charge in [-0.2, -0.15) is 0 Å². The van der Waals surface area contributed by atoms with E-state index in [0.717, 1.165) is 6.20 Å². The van der Waals surface area contributed by atoms with Crippen molar-refractivity contribution in [1.29, 1.82) is 0 Å². The van der Waals surface area contributed by atoms with Crippen LogP contribution in [0.4, 0.5) is 8.78 Å². The van der Waals surface area contributed by atoms with Gasteiger partial charge in [0.1, 0.15) is 17.1 Å². The fourth-order valence-corrected chi connectivity index (χ4v) is 1.56. The number of benzene rings is 1. The monoisotopic (exact) mass is 301 g/mol. The predicted octanol–water partition coefficient (Wildman–Crippen LogP) is 3.74. The summed E-state index contributed by atoms with van der Waals surface area (Å²) in [5.74, 6) is -0.756. The lowest BCUT2D eigenvalue weighted by Gasteiger charge is -2.06. The van der Waals surface area contributed by atoms with Crippen molar-refractivity contribution in [2.24, 2.45) is 0 Å². The number of hydrogen-bond acceptors (Lipinski definition) is 2. The van der Waals surface area contributed by atoms with Crippen molar-refractivity contribution in [2.75, 3.05) is 7.11 Å². The molecule has 2 nitrogen and oxygen atoms in total. The van der Waals surface area contributed by atoms with E-state index in [4.69, 9.17) is 4.74 Å². The summed E-state index contributed by atoms with van der Waals surface area (Å²) in [5, 5.41) is 0.354. The number of halogens is 3. The van der Waals surface area contributed by atoms with Crippen LogP contribution in [0.25, 0.3) is 17.0 Å². The molecule has 1 aromatic carbocycles. The molecular weight excluding hydrogens is 292 g/mol. The molecule has 0 unspecified atom stereocenters. The molecule has 0 aliphatic heterocycles. The molecular formula is C12H10BrF2NO. The lowest BCUT2D eigenvalue weighted by molar-refractivity contribution is 0.412. The fraction of sp³-hybridized carbons (Fsp3) is 0.0833. The third-order valence-corrected chi connectivity index (χ3v) is 2.33. The summed E-state index contributed by atoms with van der Waals surface area (Å²) in [6, 6.07) is 2.74. The summed E-state index contributed by atoms with van der Waals surface area (Å²) in [6.45, 7) is 3.50. The standard InChI is InChI=1S/C12H9F2NO.BrH/c1-3-8-9-4-7(16-2)5-10(13)12(9)15-6-11(8)14;/h3-6H,1H2,2H3;1H. The van der Waals surface area contributed by atoms with Gasteiger partial charge in [-0.25, -0.2) is 8.78 Å². The number of methoxy groups -OCH3 is 1. The summed E-state index contributed by atoms with van der Waals surface area (Å²) in [6.07, 6.45) is 2.31. The van der Waals surface area contributed by atoms with Crippen LogP contribution >= 0.6 is 17.0 Å². The summed E-state index contributed by atoms with van der Waals surface area (Å²) in [5.41, 5.74) is 0.333. The van der Waals surface area contributed by atoms with Crippen LogP contribution in [0, 0.1) is 11.6 Å². The minimum atomic E-state index is -0.544. The molecule has 5 heteroatoms. The highest BCUT2D eigenvalue weighted by atomic mass is 79.9. The van der Waals surface area contributed by atoms with Crippen molar-refractivity contribution < 1.29 is 13.5 Å². The van der Waals surface area contributed by atoms with Crippen molar-refractivity contribution in [3.05, 3.63) is 42.1 Å². The molecule has 0 aliphatic rings. The summed E-state index contributed by atoms with van der Waals surface area (Å²) < 4.78 is 31.9. The molecule has 1 aromatic heterocycles.